The van der Waals surface area contributed by atoms with Crippen molar-refractivity contribution in [1.29, 1.82) is 0 Å². The van der Waals surface area contributed by atoms with E-state index in [4.69, 9.17) is 4.74 Å². The molecule has 1 aromatic heterocycles. The van der Waals surface area contributed by atoms with Gasteiger partial charge in [0.05, 0.1) is 18.6 Å². The number of likely N-dealkylation sites (N-methyl/N-ethyl adjacent to an activating group) is 1. The molecule has 3 heterocycles. The van der Waals surface area contributed by atoms with Gasteiger partial charge in [0.15, 0.2) is 0 Å². The molecule has 122 valence electrons. The van der Waals surface area contributed by atoms with Crippen molar-refractivity contribution < 1.29 is 9.53 Å². The molecule has 0 radical (unpaired) electrons. The third-order valence-corrected chi connectivity index (χ3v) is 4.83. The first kappa shape index (κ1) is 15.5. The summed E-state index contributed by atoms with van der Waals surface area (Å²) in [5.74, 6) is 1.24. The number of amides is 1. The maximum Gasteiger partial charge on any atom is 0.225 e. The molecule has 22 heavy (non-hydrogen) atoms. The third kappa shape index (κ3) is 3.33. The Balaban J connectivity index is 1.62. The predicted octanol–water partition coefficient (Wildman–Crippen LogP) is 1.19. The minimum Gasteiger partial charge on any atom is -0.378 e. The van der Waals surface area contributed by atoms with E-state index in [0.29, 0.717) is 13.0 Å². The Bertz CT molecular complexity index is 510. The number of nitrogens with zero attached hydrogens (tertiary/aromatic N) is 4. The molecule has 3 rings (SSSR count). The fourth-order valence-corrected chi connectivity index (χ4v) is 3.37. The van der Waals surface area contributed by atoms with Crippen LogP contribution in [0.5, 0.6) is 0 Å². The van der Waals surface area contributed by atoms with Gasteiger partial charge >= 0.3 is 0 Å². The first-order chi connectivity index (χ1) is 10.6. The second-order valence-electron chi connectivity index (χ2n) is 6.43. The zero-order chi connectivity index (χ0) is 15.5. The summed E-state index contributed by atoms with van der Waals surface area (Å²) in [6.45, 7) is 3.20. The molecule has 2 fully saturated rings. The van der Waals surface area contributed by atoms with Crippen molar-refractivity contribution >= 4 is 5.91 Å². The number of ether oxygens (including phenoxy) is 1. The molecule has 0 unspecified atom stereocenters. The van der Waals surface area contributed by atoms with Crippen molar-refractivity contribution in [2.45, 2.75) is 37.8 Å². The number of piperazine rings is 1. The Morgan fingerprint density at radius 2 is 2.23 bits per heavy atom. The first-order valence-electron chi connectivity index (χ1n) is 8.22. The molecule has 0 saturated carbocycles. The van der Waals surface area contributed by atoms with E-state index in [1.54, 1.807) is 0 Å². The largest absolute Gasteiger partial charge is 0.378 e. The first-order valence-corrected chi connectivity index (χ1v) is 8.22. The summed E-state index contributed by atoms with van der Waals surface area (Å²) in [7, 11) is 4.11. The van der Waals surface area contributed by atoms with Crippen LogP contribution in [0.3, 0.4) is 0 Å². The topological polar surface area (TPSA) is 50.6 Å². The summed E-state index contributed by atoms with van der Waals surface area (Å²) in [6.07, 6.45) is 7.74. The average Bonchev–Trinajstić information content (AvgIpc) is 2.94. The standard InChI is InChI=1S/C16H26N4O2/c1-18-8-9-20(12-14(18)16-17-6-7-19(16)2)15(21)11-13-5-3-4-10-22-13/h6-7,13-14H,3-5,8-12H2,1-2H3/t13-,14+/m1/s1. The minimum atomic E-state index is 0.118. The van der Waals surface area contributed by atoms with Crippen molar-refractivity contribution in [2.75, 3.05) is 33.3 Å². The van der Waals surface area contributed by atoms with Crippen LogP contribution in [0.4, 0.5) is 0 Å². The monoisotopic (exact) mass is 306 g/mol. The Morgan fingerprint density at radius 1 is 1.36 bits per heavy atom. The fraction of sp³-hybridized carbons (Fsp3) is 0.750. The van der Waals surface area contributed by atoms with Crippen LogP contribution in [0.15, 0.2) is 12.4 Å². The Hall–Kier alpha value is -1.40. The summed E-state index contributed by atoms with van der Waals surface area (Å²) in [6, 6.07) is 0.171. The Kier molecular flexibility index (Phi) is 4.78. The summed E-state index contributed by atoms with van der Waals surface area (Å²) < 4.78 is 7.75. The SMILES string of the molecule is CN1CCN(C(=O)C[C@H]2CCCCO2)C[C@H]1c1nccn1C. The van der Waals surface area contributed by atoms with E-state index in [2.05, 4.69) is 16.9 Å². The van der Waals surface area contributed by atoms with Crippen molar-refractivity contribution in [2.24, 2.45) is 7.05 Å². The molecule has 6 nitrogen and oxygen atoms in total. The molecule has 6 heteroatoms. The number of aryl methyl sites for hydroxylation is 1. The van der Waals surface area contributed by atoms with Crippen LogP contribution < -0.4 is 0 Å². The molecule has 0 aliphatic carbocycles. The second-order valence-corrected chi connectivity index (χ2v) is 6.43. The molecule has 2 saturated heterocycles. The normalized spacial score (nSPS) is 27.1. The molecule has 2 atom stereocenters. The van der Waals surface area contributed by atoms with Crippen LogP contribution in [0, 0.1) is 0 Å². The van der Waals surface area contributed by atoms with Crippen molar-refractivity contribution in [1.82, 2.24) is 19.4 Å². The predicted molar refractivity (Wildman–Crippen MR) is 83.4 cm³/mol. The number of rotatable bonds is 3. The van der Waals surface area contributed by atoms with E-state index in [1.165, 1.54) is 6.42 Å². The van der Waals surface area contributed by atoms with Gasteiger partial charge in [-0.15, -0.1) is 0 Å². The molecule has 1 amide bonds. The van der Waals surface area contributed by atoms with Gasteiger partial charge in [-0.25, -0.2) is 4.98 Å². The molecular formula is C16H26N4O2. The number of imidazole rings is 1. The average molecular weight is 306 g/mol. The smallest absolute Gasteiger partial charge is 0.225 e. The van der Waals surface area contributed by atoms with Crippen molar-refractivity contribution in [3.8, 4) is 0 Å². The van der Waals surface area contributed by atoms with Gasteiger partial charge in [-0.2, -0.15) is 0 Å². The lowest BCUT2D eigenvalue weighted by atomic mass is 10.0. The quantitative estimate of drug-likeness (QED) is 0.842. The van der Waals surface area contributed by atoms with Gasteiger partial charge in [0, 0.05) is 45.7 Å². The van der Waals surface area contributed by atoms with Crippen molar-refractivity contribution in [3.05, 3.63) is 18.2 Å². The summed E-state index contributed by atoms with van der Waals surface area (Å²) in [5.41, 5.74) is 0. The number of carbonyl (C=O) groups is 1. The number of hydrogen-bond donors (Lipinski definition) is 0. The van der Waals surface area contributed by atoms with Gasteiger partial charge in [0.25, 0.3) is 0 Å². The second kappa shape index (κ2) is 6.79. The maximum atomic E-state index is 12.6. The fourth-order valence-electron chi connectivity index (χ4n) is 3.37. The summed E-state index contributed by atoms with van der Waals surface area (Å²) >= 11 is 0. The Labute approximate surface area is 132 Å². The molecule has 2 aliphatic rings. The van der Waals surface area contributed by atoms with E-state index >= 15 is 0 Å². The van der Waals surface area contributed by atoms with Gasteiger partial charge in [-0.3, -0.25) is 9.69 Å². The molecule has 1 aromatic rings. The van der Waals surface area contributed by atoms with E-state index in [0.717, 1.165) is 38.4 Å². The van der Waals surface area contributed by atoms with E-state index in [1.807, 2.05) is 28.9 Å². The van der Waals surface area contributed by atoms with Crippen LogP contribution in [0.1, 0.15) is 37.5 Å². The van der Waals surface area contributed by atoms with Gasteiger partial charge in [-0.05, 0) is 26.3 Å². The lowest BCUT2D eigenvalue weighted by molar-refractivity contribution is -0.138. The van der Waals surface area contributed by atoms with E-state index < -0.39 is 0 Å². The molecule has 2 aliphatic heterocycles. The number of aromatic nitrogens is 2. The minimum absolute atomic E-state index is 0.118. The van der Waals surface area contributed by atoms with Crippen LogP contribution >= 0.6 is 0 Å². The zero-order valence-electron chi connectivity index (χ0n) is 13.6. The number of carbonyl (C=O) groups excluding carboxylic acids is 1. The highest BCUT2D eigenvalue weighted by Gasteiger charge is 2.31. The number of hydrogen-bond acceptors (Lipinski definition) is 4. The molecule has 0 spiro atoms. The van der Waals surface area contributed by atoms with Crippen LogP contribution in [0.2, 0.25) is 0 Å². The van der Waals surface area contributed by atoms with Gasteiger partial charge in [-0.1, -0.05) is 0 Å². The van der Waals surface area contributed by atoms with Crippen LogP contribution in [-0.2, 0) is 16.6 Å². The molecule has 0 aromatic carbocycles. The van der Waals surface area contributed by atoms with Crippen molar-refractivity contribution in [3.63, 3.8) is 0 Å². The Morgan fingerprint density at radius 3 is 2.91 bits per heavy atom. The third-order valence-electron chi connectivity index (χ3n) is 4.83. The lowest BCUT2D eigenvalue weighted by Gasteiger charge is -2.39. The summed E-state index contributed by atoms with van der Waals surface area (Å²) in [4.78, 5) is 21.3. The summed E-state index contributed by atoms with van der Waals surface area (Å²) in [5, 5.41) is 0. The van der Waals surface area contributed by atoms with Gasteiger partial charge in [0.2, 0.25) is 5.91 Å². The highest BCUT2D eigenvalue weighted by molar-refractivity contribution is 5.77. The van der Waals surface area contributed by atoms with Gasteiger partial charge in [0.1, 0.15) is 5.82 Å². The van der Waals surface area contributed by atoms with E-state index in [-0.39, 0.29) is 18.1 Å². The molecular weight excluding hydrogens is 280 g/mol. The highest BCUT2D eigenvalue weighted by Crippen LogP contribution is 2.24. The highest BCUT2D eigenvalue weighted by atomic mass is 16.5. The maximum absolute atomic E-state index is 12.6. The molecule has 0 N–H and O–H groups in total. The zero-order valence-corrected chi connectivity index (χ0v) is 13.6. The van der Waals surface area contributed by atoms with Crippen LogP contribution in [0.25, 0.3) is 0 Å². The van der Waals surface area contributed by atoms with Gasteiger partial charge < -0.3 is 14.2 Å². The lowest BCUT2D eigenvalue weighted by Crippen LogP contribution is -2.50. The molecule has 0 bridgehead atoms. The van der Waals surface area contributed by atoms with E-state index in [9.17, 15) is 4.79 Å². The van der Waals surface area contributed by atoms with Crippen LogP contribution in [-0.4, -0.2) is 64.7 Å².